The van der Waals surface area contributed by atoms with Crippen molar-refractivity contribution in [3.8, 4) is 11.3 Å². The second-order valence-electron chi connectivity index (χ2n) is 4.87. The molecule has 0 spiro atoms. The molecule has 3 rings (SSSR count). The SMILES string of the molecule is CC.CC.CC.CC.C[CH-]C(C)c1ccccn1.[Ir].[c-]1ccccc1-c1ccccn1. The third-order valence-electron chi connectivity index (χ3n) is 3.30. The molecule has 1 unspecified atom stereocenters. The summed E-state index contributed by atoms with van der Waals surface area (Å²) in [6, 6.07) is 22.8. The van der Waals surface area contributed by atoms with Gasteiger partial charge in [-0.05, 0) is 23.9 Å². The molecule has 2 aromatic heterocycles. The molecular formula is C28H44IrN2-2. The Kier molecular flexibility index (Phi) is 35.8. The van der Waals surface area contributed by atoms with Crippen LogP contribution >= 0.6 is 0 Å². The van der Waals surface area contributed by atoms with Crippen molar-refractivity contribution in [3.05, 3.63) is 91.2 Å². The zero-order chi connectivity index (χ0) is 23.6. The fourth-order valence-electron chi connectivity index (χ4n) is 1.89. The van der Waals surface area contributed by atoms with E-state index in [1.807, 2.05) is 122 Å². The van der Waals surface area contributed by atoms with Crippen molar-refractivity contribution in [1.29, 1.82) is 0 Å². The van der Waals surface area contributed by atoms with Gasteiger partial charge in [-0.3, -0.25) is 4.98 Å². The van der Waals surface area contributed by atoms with Crippen LogP contribution in [0, 0.1) is 12.5 Å². The monoisotopic (exact) mass is 601 g/mol. The number of benzene rings is 1. The maximum atomic E-state index is 4.22. The van der Waals surface area contributed by atoms with Crippen molar-refractivity contribution in [3.63, 3.8) is 0 Å². The minimum absolute atomic E-state index is 0. The summed E-state index contributed by atoms with van der Waals surface area (Å²) in [5.74, 6) is 0.473. The largest absolute Gasteiger partial charge is 0.323 e. The van der Waals surface area contributed by atoms with Gasteiger partial charge in [0.1, 0.15) is 0 Å². The quantitative estimate of drug-likeness (QED) is 0.280. The van der Waals surface area contributed by atoms with E-state index in [0.717, 1.165) is 17.0 Å². The molecule has 1 radical (unpaired) electrons. The van der Waals surface area contributed by atoms with Gasteiger partial charge in [0.15, 0.2) is 0 Å². The van der Waals surface area contributed by atoms with E-state index in [4.69, 9.17) is 0 Å². The topological polar surface area (TPSA) is 25.8 Å². The molecule has 0 amide bonds. The third kappa shape index (κ3) is 18.6. The van der Waals surface area contributed by atoms with Gasteiger partial charge in [0.05, 0.1) is 0 Å². The van der Waals surface area contributed by atoms with E-state index in [0.29, 0.717) is 5.92 Å². The van der Waals surface area contributed by atoms with Gasteiger partial charge in [-0.2, -0.15) is 6.92 Å². The molecule has 31 heavy (non-hydrogen) atoms. The van der Waals surface area contributed by atoms with Crippen molar-refractivity contribution < 1.29 is 20.1 Å². The van der Waals surface area contributed by atoms with Gasteiger partial charge in [-0.15, -0.1) is 41.8 Å². The van der Waals surface area contributed by atoms with E-state index >= 15 is 0 Å². The fraction of sp³-hybridized carbons (Fsp3) is 0.393. The number of pyridine rings is 2. The summed E-state index contributed by atoms with van der Waals surface area (Å²) >= 11 is 0. The van der Waals surface area contributed by atoms with Crippen molar-refractivity contribution in [2.45, 2.75) is 75.2 Å². The molecule has 0 saturated heterocycles. The van der Waals surface area contributed by atoms with Gasteiger partial charge in [-0.25, -0.2) is 0 Å². The Morgan fingerprint density at radius 3 is 1.61 bits per heavy atom. The van der Waals surface area contributed by atoms with Crippen molar-refractivity contribution in [2.24, 2.45) is 0 Å². The average molecular weight is 601 g/mol. The molecule has 0 aliphatic rings. The molecule has 0 aliphatic heterocycles. The second-order valence-corrected chi connectivity index (χ2v) is 4.87. The van der Waals surface area contributed by atoms with Gasteiger partial charge in [0.2, 0.25) is 0 Å². The molecule has 3 aromatic rings. The Balaban J connectivity index is -0.000000175. The summed E-state index contributed by atoms with van der Waals surface area (Å²) in [7, 11) is 0. The summed E-state index contributed by atoms with van der Waals surface area (Å²) in [6.45, 7) is 20.2. The Morgan fingerprint density at radius 1 is 0.710 bits per heavy atom. The van der Waals surface area contributed by atoms with E-state index in [1.54, 1.807) is 6.20 Å². The van der Waals surface area contributed by atoms with E-state index in [-0.39, 0.29) is 20.1 Å². The van der Waals surface area contributed by atoms with Gasteiger partial charge in [0.25, 0.3) is 0 Å². The maximum absolute atomic E-state index is 4.22. The molecule has 2 nitrogen and oxygen atoms in total. The van der Waals surface area contributed by atoms with E-state index in [1.165, 1.54) is 0 Å². The normalized spacial score (nSPS) is 8.71. The smallest absolute Gasteiger partial charge is 0.0270 e. The summed E-state index contributed by atoms with van der Waals surface area (Å²) in [4.78, 5) is 8.44. The van der Waals surface area contributed by atoms with Gasteiger partial charge >= 0.3 is 0 Å². The first-order valence-corrected chi connectivity index (χ1v) is 11.4. The number of nitrogens with zero attached hydrogens (tertiary/aromatic N) is 2. The van der Waals surface area contributed by atoms with Crippen LogP contribution < -0.4 is 0 Å². The van der Waals surface area contributed by atoms with Crippen molar-refractivity contribution >= 4 is 0 Å². The van der Waals surface area contributed by atoms with Crippen LogP contribution in [-0.2, 0) is 20.1 Å². The van der Waals surface area contributed by atoms with Crippen LogP contribution in [0.5, 0.6) is 0 Å². The van der Waals surface area contributed by atoms with Crippen molar-refractivity contribution in [2.75, 3.05) is 0 Å². The third-order valence-corrected chi connectivity index (χ3v) is 3.30. The summed E-state index contributed by atoms with van der Waals surface area (Å²) in [5, 5.41) is 0. The Labute approximate surface area is 207 Å². The fourth-order valence-corrected chi connectivity index (χ4v) is 1.89. The minimum Gasteiger partial charge on any atom is -0.323 e. The first kappa shape index (κ1) is 36.5. The Hall–Kier alpha value is -1.83. The molecule has 1 aromatic carbocycles. The van der Waals surface area contributed by atoms with Gasteiger partial charge in [0, 0.05) is 38.2 Å². The number of aromatic nitrogens is 2. The van der Waals surface area contributed by atoms with Crippen molar-refractivity contribution in [1.82, 2.24) is 9.97 Å². The average Bonchev–Trinajstić information content (AvgIpc) is 2.90. The van der Waals surface area contributed by atoms with Crippen LogP contribution in [0.4, 0.5) is 0 Å². The van der Waals surface area contributed by atoms with Crippen LogP contribution in [0.25, 0.3) is 11.3 Å². The van der Waals surface area contributed by atoms with Crippen LogP contribution in [0.1, 0.15) is 80.8 Å². The Morgan fingerprint density at radius 2 is 1.23 bits per heavy atom. The molecular weight excluding hydrogens is 557 g/mol. The first-order valence-electron chi connectivity index (χ1n) is 11.4. The van der Waals surface area contributed by atoms with Crippen LogP contribution in [0.3, 0.4) is 0 Å². The maximum Gasteiger partial charge on any atom is 0.0270 e. The Bertz CT molecular complexity index is 606. The summed E-state index contributed by atoms with van der Waals surface area (Å²) in [6.07, 6.45) is 5.76. The predicted octanol–water partition coefficient (Wildman–Crippen LogP) is 9.06. The number of hydrogen-bond donors (Lipinski definition) is 0. The van der Waals surface area contributed by atoms with Gasteiger partial charge < -0.3 is 11.4 Å². The molecule has 177 valence electrons. The predicted molar refractivity (Wildman–Crippen MR) is 137 cm³/mol. The molecule has 0 N–H and O–H groups in total. The number of hydrogen-bond acceptors (Lipinski definition) is 2. The summed E-state index contributed by atoms with van der Waals surface area (Å²) in [5.41, 5.74) is 3.15. The number of rotatable bonds is 3. The standard InChI is InChI=1S/C11H8N.C9H12N.4C2H6.Ir/c1-2-6-10(7-3-1)11-8-4-5-9-12-11;1-3-8(2)9-6-4-5-7-10-9;4*1-2;/h1-6,8-9H;3-8H,1-2H3;4*1-2H3;/q2*-1;;;;;. The second kappa shape index (κ2) is 30.4. The zero-order valence-corrected chi connectivity index (χ0v) is 23.7. The van der Waals surface area contributed by atoms with E-state index in [2.05, 4.69) is 36.3 Å². The molecule has 1 atom stereocenters. The minimum atomic E-state index is 0. The van der Waals surface area contributed by atoms with Crippen LogP contribution in [0.2, 0.25) is 0 Å². The summed E-state index contributed by atoms with van der Waals surface area (Å²) < 4.78 is 0. The molecule has 0 fully saturated rings. The molecule has 2 heterocycles. The van der Waals surface area contributed by atoms with Gasteiger partial charge in [-0.1, -0.05) is 80.5 Å². The van der Waals surface area contributed by atoms with Crippen LogP contribution in [0.15, 0.2) is 73.1 Å². The first-order chi connectivity index (χ1) is 14.8. The van der Waals surface area contributed by atoms with E-state index in [9.17, 15) is 0 Å². The van der Waals surface area contributed by atoms with Crippen LogP contribution in [-0.4, -0.2) is 9.97 Å². The van der Waals surface area contributed by atoms with E-state index < -0.39 is 0 Å². The zero-order valence-electron chi connectivity index (χ0n) is 21.3. The molecule has 0 saturated carbocycles. The molecule has 0 bridgehead atoms. The molecule has 0 aliphatic carbocycles. The molecule has 3 heteroatoms.